The molecule has 0 bridgehead atoms. The minimum atomic E-state index is 0.418. The molecule has 1 saturated carbocycles. The zero-order chi connectivity index (χ0) is 15.3. The van der Waals surface area contributed by atoms with Gasteiger partial charge in [0.05, 0.1) is 5.69 Å². The fraction of sp³-hybridized carbons (Fsp3) is 0.529. The number of hydrogen-bond acceptors (Lipinski definition) is 4. The molecule has 22 heavy (non-hydrogen) atoms. The van der Waals surface area contributed by atoms with Crippen molar-refractivity contribution in [3.8, 4) is 11.1 Å². The van der Waals surface area contributed by atoms with E-state index in [1.165, 1.54) is 12.8 Å². The van der Waals surface area contributed by atoms with Gasteiger partial charge in [0.25, 0.3) is 0 Å². The van der Waals surface area contributed by atoms with E-state index in [4.69, 9.17) is 10.7 Å². The fourth-order valence-electron chi connectivity index (χ4n) is 4.15. The average Bonchev–Trinajstić information content (AvgIpc) is 3.11. The summed E-state index contributed by atoms with van der Waals surface area (Å²) < 4.78 is 1.85. The Morgan fingerprint density at radius 2 is 1.91 bits per heavy atom. The molecule has 2 aromatic heterocycles. The average molecular weight is 297 g/mol. The largest absolute Gasteiger partial charge is 0.356 e. The van der Waals surface area contributed by atoms with Crippen LogP contribution in [0.25, 0.3) is 11.1 Å². The molecule has 0 spiro atoms. The van der Waals surface area contributed by atoms with Crippen molar-refractivity contribution < 1.29 is 0 Å². The highest BCUT2D eigenvalue weighted by Gasteiger charge is 2.39. The number of aromatic nitrogens is 3. The number of nitrogens with zero attached hydrogens (tertiary/aromatic N) is 4. The molecule has 3 heterocycles. The summed E-state index contributed by atoms with van der Waals surface area (Å²) in [5.41, 5.74) is 9.40. The molecule has 5 nitrogen and oxygen atoms in total. The van der Waals surface area contributed by atoms with Crippen LogP contribution in [0.1, 0.15) is 18.5 Å². The van der Waals surface area contributed by atoms with Crippen molar-refractivity contribution in [2.45, 2.75) is 25.8 Å². The molecule has 116 valence electrons. The molecular formula is C17H23N5. The van der Waals surface area contributed by atoms with Gasteiger partial charge in [0.1, 0.15) is 5.82 Å². The second-order valence-electron chi connectivity index (χ2n) is 6.86. The second kappa shape index (κ2) is 5.09. The van der Waals surface area contributed by atoms with Gasteiger partial charge in [0.2, 0.25) is 0 Å². The minimum absolute atomic E-state index is 0.418. The van der Waals surface area contributed by atoms with Gasteiger partial charge in [-0.1, -0.05) is 0 Å². The van der Waals surface area contributed by atoms with E-state index in [9.17, 15) is 0 Å². The standard InChI is InChI=1S/C17H23N5/c1-11-16(10-21(2)20-11)12-3-4-17(19-7-12)22-8-13-5-15(18)6-14(13)9-22/h3-4,7,10,13-15H,5-6,8-9,18H2,1-2H3/t13-,14-/m1/s1. The number of nitrogens with two attached hydrogens (primary N) is 1. The van der Waals surface area contributed by atoms with Crippen LogP contribution < -0.4 is 10.6 Å². The Kier molecular flexibility index (Phi) is 3.18. The van der Waals surface area contributed by atoms with Crippen molar-refractivity contribution in [3.05, 3.63) is 30.2 Å². The molecule has 1 aliphatic carbocycles. The van der Waals surface area contributed by atoms with Crippen LogP contribution in [0.3, 0.4) is 0 Å². The molecule has 4 rings (SSSR count). The van der Waals surface area contributed by atoms with Crippen molar-refractivity contribution in [1.82, 2.24) is 14.8 Å². The first-order chi connectivity index (χ1) is 10.6. The van der Waals surface area contributed by atoms with Gasteiger partial charge >= 0.3 is 0 Å². The Morgan fingerprint density at radius 1 is 1.18 bits per heavy atom. The zero-order valence-corrected chi connectivity index (χ0v) is 13.2. The highest BCUT2D eigenvalue weighted by atomic mass is 15.2. The molecule has 5 heteroatoms. The molecule has 2 aliphatic rings. The van der Waals surface area contributed by atoms with Crippen LogP contribution in [0, 0.1) is 18.8 Å². The van der Waals surface area contributed by atoms with Gasteiger partial charge in [-0.15, -0.1) is 0 Å². The lowest BCUT2D eigenvalue weighted by atomic mass is 10.0. The van der Waals surface area contributed by atoms with E-state index in [1.807, 2.05) is 31.0 Å². The van der Waals surface area contributed by atoms with E-state index in [1.54, 1.807) is 0 Å². The van der Waals surface area contributed by atoms with Crippen LogP contribution in [0.4, 0.5) is 5.82 Å². The topological polar surface area (TPSA) is 60.0 Å². The first kappa shape index (κ1) is 13.8. The van der Waals surface area contributed by atoms with Crippen LogP contribution in [0.5, 0.6) is 0 Å². The maximum Gasteiger partial charge on any atom is 0.128 e. The SMILES string of the molecule is Cc1nn(C)cc1-c1ccc(N2C[C@H]3CC(N)C[C@@H]3C2)nc1. The molecule has 2 N–H and O–H groups in total. The Bertz CT molecular complexity index is 661. The highest BCUT2D eigenvalue weighted by Crippen LogP contribution is 2.38. The Labute approximate surface area is 131 Å². The van der Waals surface area contributed by atoms with Gasteiger partial charge in [-0.05, 0) is 43.7 Å². The normalized spacial score (nSPS) is 25.0. The second-order valence-corrected chi connectivity index (χ2v) is 6.86. The summed E-state index contributed by atoms with van der Waals surface area (Å²) in [5, 5.41) is 4.40. The van der Waals surface area contributed by atoms with Gasteiger partial charge in [-0.3, -0.25) is 4.68 Å². The molecule has 2 fully saturated rings. The van der Waals surface area contributed by atoms with Gasteiger partial charge in [-0.25, -0.2) is 4.98 Å². The van der Waals surface area contributed by atoms with Crippen molar-refractivity contribution in [2.75, 3.05) is 18.0 Å². The van der Waals surface area contributed by atoms with Crippen molar-refractivity contribution in [3.63, 3.8) is 0 Å². The summed E-state index contributed by atoms with van der Waals surface area (Å²) in [6, 6.07) is 4.72. The smallest absolute Gasteiger partial charge is 0.128 e. The van der Waals surface area contributed by atoms with Crippen LogP contribution >= 0.6 is 0 Å². The fourth-order valence-corrected chi connectivity index (χ4v) is 4.15. The van der Waals surface area contributed by atoms with E-state index in [2.05, 4.69) is 22.1 Å². The lowest BCUT2D eigenvalue weighted by Crippen LogP contribution is -2.25. The number of anilines is 1. The summed E-state index contributed by atoms with van der Waals surface area (Å²) in [7, 11) is 1.95. The number of aryl methyl sites for hydroxylation is 2. The van der Waals surface area contributed by atoms with E-state index in [0.29, 0.717) is 6.04 Å². The lowest BCUT2D eigenvalue weighted by molar-refractivity contribution is 0.494. The predicted octanol–water partition coefficient (Wildman–Crippen LogP) is 1.96. The summed E-state index contributed by atoms with van der Waals surface area (Å²) in [5.74, 6) is 2.61. The number of hydrogen-bond donors (Lipinski definition) is 1. The van der Waals surface area contributed by atoms with Crippen molar-refractivity contribution in [2.24, 2.45) is 24.6 Å². The monoisotopic (exact) mass is 297 g/mol. The maximum absolute atomic E-state index is 6.07. The van der Waals surface area contributed by atoms with Crippen LogP contribution in [0.15, 0.2) is 24.5 Å². The third-order valence-corrected chi connectivity index (χ3v) is 5.18. The highest BCUT2D eigenvalue weighted by molar-refractivity contribution is 5.65. The third-order valence-electron chi connectivity index (χ3n) is 5.18. The van der Waals surface area contributed by atoms with Gasteiger partial charge in [0, 0.05) is 49.7 Å². The summed E-state index contributed by atoms with van der Waals surface area (Å²) in [4.78, 5) is 7.11. The van der Waals surface area contributed by atoms with Crippen LogP contribution in [0.2, 0.25) is 0 Å². The van der Waals surface area contributed by atoms with Gasteiger partial charge in [-0.2, -0.15) is 5.10 Å². The van der Waals surface area contributed by atoms with E-state index in [-0.39, 0.29) is 0 Å². The quantitative estimate of drug-likeness (QED) is 0.920. The Hall–Kier alpha value is -1.88. The van der Waals surface area contributed by atoms with E-state index in [0.717, 1.165) is 47.6 Å². The van der Waals surface area contributed by atoms with Gasteiger partial charge < -0.3 is 10.6 Å². The van der Waals surface area contributed by atoms with Crippen molar-refractivity contribution in [1.29, 1.82) is 0 Å². The number of pyridine rings is 1. The van der Waals surface area contributed by atoms with E-state index < -0.39 is 0 Å². The van der Waals surface area contributed by atoms with Crippen LogP contribution in [-0.2, 0) is 7.05 Å². The Morgan fingerprint density at radius 3 is 2.45 bits per heavy atom. The maximum atomic E-state index is 6.07. The molecule has 1 aliphatic heterocycles. The third kappa shape index (κ3) is 2.29. The van der Waals surface area contributed by atoms with Crippen LogP contribution in [-0.4, -0.2) is 33.9 Å². The zero-order valence-electron chi connectivity index (χ0n) is 13.2. The molecule has 2 atom stereocenters. The molecule has 0 aromatic carbocycles. The molecule has 0 unspecified atom stereocenters. The first-order valence-electron chi connectivity index (χ1n) is 8.07. The van der Waals surface area contributed by atoms with E-state index >= 15 is 0 Å². The molecule has 0 amide bonds. The lowest BCUT2D eigenvalue weighted by Gasteiger charge is -2.19. The summed E-state index contributed by atoms with van der Waals surface area (Å²) in [6.45, 7) is 4.25. The Balaban J connectivity index is 1.52. The summed E-state index contributed by atoms with van der Waals surface area (Å²) >= 11 is 0. The number of rotatable bonds is 2. The first-order valence-corrected chi connectivity index (χ1v) is 8.07. The van der Waals surface area contributed by atoms with Gasteiger partial charge in [0.15, 0.2) is 0 Å². The molecule has 0 radical (unpaired) electrons. The molecule has 2 aromatic rings. The summed E-state index contributed by atoms with van der Waals surface area (Å²) in [6.07, 6.45) is 6.37. The number of fused-ring (bicyclic) bond motifs is 1. The predicted molar refractivity (Wildman–Crippen MR) is 87.6 cm³/mol. The molecular weight excluding hydrogens is 274 g/mol. The molecule has 1 saturated heterocycles. The van der Waals surface area contributed by atoms with Crippen molar-refractivity contribution >= 4 is 5.82 Å². The minimum Gasteiger partial charge on any atom is -0.356 e.